The van der Waals surface area contributed by atoms with Crippen LogP contribution < -0.4 is 5.32 Å². The van der Waals surface area contributed by atoms with E-state index in [1.807, 2.05) is 0 Å². The molecule has 3 fully saturated rings. The van der Waals surface area contributed by atoms with Gasteiger partial charge in [-0.05, 0) is 38.5 Å². The highest BCUT2D eigenvalue weighted by atomic mass is 16.5. The van der Waals surface area contributed by atoms with Gasteiger partial charge in [0.05, 0.1) is 24.4 Å². The minimum Gasteiger partial charge on any atom is -0.376 e. The Morgan fingerprint density at radius 2 is 2.16 bits per heavy atom. The summed E-state index contributed by atoms with van der Waals surface area (Å²) in [4.78, 5) is 14.7. The minimum atomic E-state index is 0.0374. The van der Waals surface area contributed by atoms with Crippen LogP contribution in [0.4, 0.5) is 0 Å². The average molecular weight is 266 g/mol. The van der Waals surface area contributed by atoms with Crippen molar-refractivity contribution < 1.29 is 9.53 Å². The molecule has 1 N–H and O–H groups in total. The van der Waals surface area contributed by atoms with Crippen LogP contribution in [0.15, 0.2) is 0 Å². The van der Waals surface area contributed by atoms with Gasteiger partial charge in [-0.15, -0.1) is 0 Å². The molecule has 2 heterocycles. The van der Waals surface area contributed by atoms with Crippen molar-refractivity contribution in [2.45, 2.75) is 76.7 Å². The maximum absolute atomic E-state index is 12.6. The number of nitrogens with one attached hydrogen (secondary N) is 1. The van der Waals surface area contributed by atoms with Crippen LogP contribution in [-0.2, 0) is 9.53 Å². The van der Waals surface area contributed by atoms with Gasteiger partial charge in [0.1, 0.15) is 0 Å². The summed E-state index contributed by atoms with van der Waals surface area (Å²) < 4.78 is 5.89. The predicted molar refractivity (Wildman–Crippen MR) is 73.6 cm³/mol. The van der Waals surface area contributed by atoms with Crippen molar-refractivity contribution >= 4 is 5.91 Å². The van der Waals surface area contributed by atoms with Gasteiger partial charge in [-0.1, -0.05) is 19.8 Å². The number of unbranched alkanes of at least 4 members (excludes halogenated alkanes) is 1. The molecule has 19 heavy (non-hydrogen) atoms. The van der Waals surface area contributed by atoms with Gasteiger partial charge in [0.2, 0.25) is 5.91 Å². The van der Waals surface area contributed by atoms with Gasteiger partial charge in [0.25, 0.3) is 0 Å². The van der Waals surface area contributed by atoms with E-state index in [1.54, 1.807) is 0 Å². The minimum absolute atomic E-state index is 0.0374. The molecule has 4 heteroatoms. The molecule has 0 aromatic rings. The highest BCUT2D eigenvalue weighted by Gasteiger charge is 2.48. The zero-order chi connectivity index (χ0) is 13.4. The molecule has 4 unspecified atom stereocenters. The van der Waals surface area contributed by atoms with E-state index in [-0.39, 0.29) is 12.2 Å². The molecule has 0 aromatic carbocycles. The van der Waals surface area contributed by atoms with Gasteiger partial charge >= 0.3 is 0 Å². The zero-order valence-corrected chi connectivity index (χ0v) is 12.1. The van der Waals surface area contributed by atoms with Crippen molar-refractivity contribution in [1.82, 2.24) is 10.2 Å². The first kappa shape index (κ1) is 13.4. The lowest BCUT2D eigenvalue weighted by Crippen LogP contribution is -2.47. The molecule has 0 bridgehead atoms. The SMILES string of the molecule is CCCCC1NC(C)N(C2CCOC2C2CC2)C1=O. The number of amides is 1. The average Bonchev–Trinajstić information content (AvgIpc) is 3.07. The van der Waals surface area contributed by atoms with Crippen LogP contribution in [0, 0.1) is 5.92 Å². The van der Waals surface area contributed by atoms with Gasteiger partial charge in [-0.2, -0.15) is 0 Å². The number of nitrogens with zero attached hydrogens (tertiary/aromatic N) is 1. The fourth-order valence-electron chi connectivity index (χ4n) is 3.65. The summed E-state index contributed by atoms with van der Waals surface area (Å²) in [7, 11) is 0. The molecule has 4 atom stereocenters. The molecule has 3 rings (SSSR count). The lowest BCUT2D eigenvalue weighted by molar-refractivity contribution is -0.133. The quantitative estimate of drug-likeness (QED) is 0.826. The number of carbonyl (C=O) groups is 1. The number of carbonyl (C=O) groups excluding carboxylic acids is 1. The second-order valence-corrected chi connectivity index (χ2v) is 6.31. The Balaban J connectivity index is 1.67. The number of hydrogen-bond donors (Lipinski definition) is 1. The van der Waals surface area contributed by atoms with Gasteiger partial charge in [0.15, 0.2) is 0 Å². The Morgan fingerprint density at radius 3 is 2.84 bits per heavy atom. The maximum atomic E-state index is 12.6. The summed E-state index contributed by atoms with van der Waals surface area (Å²) in [5, 5.41) is 3.47. The molecule has 3 aliphatic rings. The summed E-state index contributed by atoms with van der Waals surface area (Å²) in [6.07, 6.45) is 7.29. The smallest absolute Gasteiger partial charge is 0.241 e. The summed E-state index contributed by atoms with van der Waals surface area (Å²) in [5.41, 5.74) is 0. The molecule has 1 amide bonds. The van der Waals surface area contributed by atoms with Gasteiger partial charge in [0, 0.05) is 6.61 Å². The molecular weight excluding hydrogens is 240 g/mol. The maximum Gasteiger partial charge on any atom is 0.241 e. The van der Waals surface area contributed by atoms with Crippen LogP contribution in [0.5, 0.6) is 0 Å². The molecule has 2 saturated heterocycles. The molecule has 0 aromatic heterocycles. The van der Waals surface area contributed by atoms with Crippen molar-refractivity contribution in [2.24, 2.45) is 5.92 Å². The number of rotatable bonds is 5. The molecular formula is C15H26N2O2. The first-order valence-corrected chi connectivity index (χ1v) is 7.92. The van der Waals surface area contributed by atoms with Crippen molar-refractivity contribution in [2.75, 3.05) is 6.61 Å². The normalized spacial score (nSPS) is 39.3. The van der Waals surface area contributed by atoms with Crippen LogP contribution in [0.25, 0.3) is 0 Å². The third-order valence-electron chi connectivity index (χ3n) is 4.81. The van der Waals surface area contributed by atoms with E-state index in [2.05, 4.69) is 24.1 Å². The molecule has 1 aliphatic carbocycles. The lowest BCUT2D eigenvalue weighted by atomic mass is 10.0. The van der Waals surface area contributed by atoms with Crippen LogP contribution in [0.1, 0.15) is 52.4 Å². The van der Waals surface area contributed by atoms with Crippen LogP contribution >= 0.6 is 0 Å². The molecule has 108 valence electrons. The van der Waals surface area contributed by atoms with E-state index in [1.165, 1.54) is 12.8 Å². The highest BCUT2D eigenvalue weighted by Crippen LogP contribution is 2.41. The Labute approximate surface area is 115 Å². The highest BCUT2D eigenvalue weighted by molar-refractivity contribution is 5.84. The van der Waals surface area contributed by atoms with Gasteiger partial charge in [-0.25, -0.2) is 0 Å². The van der Waals surface area contributed by atoms with Crippen LogP contribution in [0.2, 0.25) is 0 Å². The Hall–Kier alpha value is -0.610. The second kappa shape index (κ2) is 5.41. The molecule has 0 radical (unpaired) electrons. The van der Waals surface area contributed by atoms with Gasteiger partial charge in [-0.3, -0.25) is 10.1 Å². The first-order chi connectivity index (χ1) is 9.22. The largest absolute Gasteiger partial charge is 0.376 e. The summed E-state index contributed by atoms with van der Waals surface area (Å²) >= 11 is 0. The fourth-order valence-corrected chi connectivity index (χ4v) is 3.65. The third-order valence-corrected chi connectivity index (χ3v) is 4.81. The summed E-state index contributed by atoms with van der Waals surface area (Å²) in [6, 6.07) is 0.351. The van der Waals surface area contributed by atoms with E-state index >= 15 is 0 Å². The zero-order valence-electron chi connectivity index (χ0n) is 12.1. The van der Waals surface area contributed by atoms with Crippen LogP contribution in [0.3, 0.4) is 0 Å². The summed E-state index contributed by atoms with van der Waals surface area (Å²) in [5.74, 6) is 1.02. The van der Waals surface area contributed by atoms with E-state index in [9.17, 15) is 4.79 Å². The van der Waals surface area contributed by atoms with Crippen molar-refractivity contribution in [3.05, 3.63) is 0 Å². The first-order valence-electron chi connectivity index (χ1n) is 7.92. The third kappa shape index (κ3) is 2.52. The monoisotopic (exact) mass is 266 g/mol. The molecule has 2 aliphatic heterocycles. The number of ether oxygens (including phenoxy) is 1. The van der Waals surface area contributed by atoms with Crippen LogP contribution in [-0.4, -0.2) is 41.8 Å². The Morgan fingerprint density at radius 1 is 1.37 bits per heavy atom. The Kier molecular flexibility index (Phi) is 3.81. The van der Waals surface area contributed by atoms with Crippen molar-refractivity contribution in [3.8, 4) is 0 Å². The topological polar surface area (TPSA) is 41.6 Å². The second-order valence-electron chi connectivity index (χ2n) is 6.31. The van der Waals surface area contributed by atoms with Gasteiger partial charge < -0.3 is 9.64 Å². The molecule has 1 saturated carbocycles. The lowest BCUT2D eigenvalue weighted by Gasteiger charge is -2.31. The predicted octanol–water partition coefficient (Wildman–Crippen LogP) is 1.89. The fraction of sp³-hybridized carbons (Fsp3) is 0.933. The Bertz CT molecular complexity index is 343. The molecule has 4 nitrogen and oxygen atoms in total. The number of hydrogen-bond acceptors (Lipinski definition) is 3. The van der Waals surface area contributed by atoms with Crippen molar-refractivity contribution in [1.29, 1.82) is 0 Å². The van der Waals surface area contributed by atoms with E-state index in [0.29, 0.717) is 24.0 Å². The van der Waals surface area contributed by atoms with E-state index < -0.39 is 0 Å². The molecule has 0 spiro atoms. The van der Waals surface area contributed by atoms with E-state index in [4.69, 9.17) is 4.74 Å². The standard InChI is InChI=1S/C15H26N2O2/c1-3-4-5-12-15(18)17(10(2)16-12)13-8-9-19-14(13)11-6-7-11/h10-14,16H,3-9H2,1-2H3. The van der Waals surface area contributed by atoms with Crippen molar-refractivity contribution in [3.63, 3.8) is 0 Å². The van der Waals surface area contributed by atoms with E-state index in [0.717, 1.165) is 32.3 Å². The summed E-state index contributed by atoms with van der Waals surface area (Å²) in [6.45, 7) is 5.11.